The van der Waals surface area contributed by atoms with Crippen molar-refractivity contribution in [2.24, 2.45) is 0 Å². The third-order valence-electron chi connectivity index (χ3n) is 3.75. The SMILES string of the molecule is Fc1ccc(Cn2c(-c3snnc3-c3ccccc3)n[nH]c2=S)cc1. The molecule has 0 atom stereocenters. The van der Waals surface area contributed by atoms with Crippen molar-refractivity contribution in [3.05, 3.63) is 70.7 Å². The summed E-state index contributed by atoms with van der Waals surface area (Å²) in [4.78, 5) is 0.834. The largest absolute Gasteiger partial charge is 0.295 e. The summed E-state index contributed by atoms with van der Waals surface area (Å²) in [5.74, 6) is 0.404. The summed E-state index contributed by atoms with van der Waals surface area (Å²) in [6, 6.07) is 16.1. The molecule has 4 aromatic rings. The molecule has 2 aromatic heterocycles. The zero-order valence-electron chi connectivity index (χ0n) is 12.9. The summed E-state index contributed by atoms with van der Waals surface area (Å²) in [6.07, 6.45) is 0. The molecule has 4 rings (SSSR count). The smallest absolute Gasteiger partial charge is 0.195 e. The fourth-order valence-corrected chi connectivity index (χ4v) is 3.42. The van der Waals surface area contributed by atoms with Gasteiger partial charge in [0, 0.05) is 5.56 Å². The summed E-state index contributed by atoms with van der Waals surface area (Å²) in [7, 11) is 0. The third-order valence-corrected chi connectivity index (χ3v) is 4.78. The second kappa shape index (κ2) is 6.66. The van der Waals surface area contributed by atoms with Gasteiger partial charge in [-0.2, -0.15) is 5.10 Å². The first kappa shape index (κ1) is 15.8. The molecule has 0 spiro atoms. The number of halogens is 1. The Morgan fingerprint density at radius 1 is 1.08 bits per heavy atom. The van der Waals surface area contributed by atoms with Gasteiger partial charge in [0.25, 0.3) is 0 Å². The quantitative estimate of drug-likeness (QED) is 0.545. The highest BCUT2D eigenvalue weighted by Gasteiger charge is 2.18. The van der Waals surface area contributed by atoms with E-state index in [0.717, 1.165) is 21.7 Å². The Morgan fingerprint density at radius 3 is 2.60 bits per heavy atom. The Kier molecular flexibility index (Phi) is 4.21. The van der Waals surface area contributed by atoms with Gasteiger partial charge in [0.05, 0.1) is 6.54 Å². The highest BCUT2D eigenvalue weighted by atomic mass is 32.1. The zero-order valence-corrected chi connectivity index (χ0v) is 14.5. The lowest BCUT2D eigenvalue weighted by Gasteiger charge is -2.07. The van der Waals surface area contributed by atoms with E-state index in [4.69, 9.17) is 12.2 Å². The van der Waals surface area contributed by atoms with Crippen LogP contribution < -0.4 is 0 Å². The first-order valence-electron chi connectivity index (χ1n) is 7.50. The monoisotopic (exact) mass is 369 g/mol. The standard InChI is InChI=1S/C17H12FN5S2/c18-13-8-6-11(7-9-13)10-23-16(20-21-17(23)24)15-14(19-22-25-15)12-4-2-1-3-5-12/h1-9H,10H2,(H,21,24). The molecule has 25 heavy (non-hydrogen) atoms. The van der Waals surface area contributed by atoms with E-state index in [-0.39, 0.29) is 5.82 Å². The van der Waals surface area contributed by atoms with Gasteiger partial charge in [-0.05, 0) is 41.4 Å². The number of benzene rings is 2. The van der Waals surface area contributed by atoms with Crippen LogP contribution in [0.5, 0.6) is 0 Å². The van der Waals surface area contributed by atoms with Crippen LogP contribution in [-0.2, 0) is 6.54 Å². The van der Waals surface area contributed by atoms with Crippen LogP contribution in [0.3, 0.4) is 0 Å². The summed E-state index contributed by atoms with van der Waals surface area (Å²) < 4.78 is 19.6. The number of aromatic nitrogens is 5. The van der Waals surface area contributed by atoms with Gasteiger partial charge in [-0.1, -0.05) is 47.0 Å². The maximum atomic E-state index is 13.1. The van der Waals surface area contributed by atoms with Gasteiger partial charge in [0.2, 0.25) is 0 Å². The summed E-state index contributed by atoms with van der Waals surface area (Å²) in [5.41, 5.74) is 2.66. The number of nitrogens with zero attached hydrogens (tertiary/aromatic N) is 4. The van der Waals surface area contributed by atoms with Crippen LogP contribution in [0.4, 0.5) is 4.39 Å². The van der Waals surface area contributed by atoms with Crippen molar-refractivity contribution in [2.45, 2.75) is 6.54 Å². The second-order valence-corrected chi connectivity index (χ2v) is 6.52. The van der Waals surface area contributed by atoms with Crippen LogP contribution >= 0.6 is 23.8 Å². The number of rotatable bonds is 4. The van der Waals surface area contributed by atoms with E-state index in [1.807, 2.05) is 34.9 Å². The third kappa shape index (κ3) is 3.13. The molecule has 0 aliphatic rings. The lowest BCUT2D eigenvalue weighted by atomic mass is 10.1. The van der Waals surface area contributed by atoms with E-state index in [9.17, 15) is 4.39 Å². The first-order valence-corrected chi connectivity index (χ1v) is 8.68. The number of hydrogen-bond donors (Lipinski definition) is 1. The minimum absolute atomic E-state index is 0.266. The zero-order chi connectivity index (χ0) is 17.2. The topological polar surface area (TPSA) is 59.4 Å². The number of H-pyrrole nitrogens is 1. The molecular formula is C17H12FN5S2. The number of hydrogen-bond acceptors (Lipinski definition) is 5. The number of aromatic amines is 1. The van der Waals surface area contributed by atoms with E-state index >= 15 is 0 Å². The molecule has 2 aromatic carbocycles. The molecule has 0 fully saturated rings. The van der Waals surface area contributed by atoms with Gasteiger partial charge in [-0.25, -0.2) is 4.39 Å². The van der Waals surface area contributed by atoms with Crippen molar-refractivity contribution in [1.82, 2.24) is 24.4 Å². The van der Waals surface area contributed by atoms with E-state index in [2.05, 4.69) is 19.8 Å². The van der Waals surface area contributed by atoms with Crippen molar-refractivity contribution < 1.29 is 4.39 Å². The molecule has 8 heteroatoms. The normalized spacial score (nSPS) is 10.9. The van der Waals surface area contributed by atoms with Gasteiger partial charge in [-0.15, -0.1) is 5.10 Å². The van der Waals surface area contributed by atoms with E-state index < -0.39 is 0 Å². The lowest BCUT2D eigenvalue weighted by Crippen LogP contribution is -2.02. The molecule has 0 unspecified atom stereocenters. The van der Waals surface area contributed by atoms with Crippen LogP contribution in [0.1, 0.15) is 5.56 Å². The fraction of sp³-hybridized carbons (Fsp3) is 0.0588. The molecule has 0 aliphatic heterocycles. The molecule has 124 valence electrons. The summed E-state index contributed by atoms with van der Waals surface area (Å²) in [6.45, 7) is 0.483. The Balaban J connectivity index is 1.77. The highest BCUT2D eigenvalue weighted by molar-refractivity contribution is 7.71. The molecule has 5 nitrogen and oxygen atoms in total. The van der Waals surface area contributed by atoms with Gasteiger partial charge in [0.15, 0.2) is 10.6 Å². The van der Waals surface area contributed by atoms with Crippen molar-refractivity contribution in [2.75, 3.05) is 0 Å². The molecule has 2 heterocycles. The minimum atomic E-state index is -0.266. The average Bonchev–Trinajstić information content (AvgIpc) is 3.25. The van der Waals surface area contributed by atoms with Crippen LogP contribution in [0, 0.1) is 10.6 Å². The molecule has 0 saturated carbocycles. The van der Waals surface area contributed by atoms with Gasteiger partial charge < -0.3 is 0 Å². The Hall–Kier alpha value is -2.71. The summed E-state index contributed by atoms with van der Waals surface area (Å²) >= 11 is 6.63. The molecule has 1 N–H and O–H groups in total. The molecular weight excluding hydrogens is 357 g/mol. The molecule has 0 bridgehead atoms. The van der Waals surface area contributed by atoms with Crippen molar-refractivity contribution in [3.63, 3.8) is 0 Å². The molecule has 0 radical (unpaired) electrons. The minimum Gasteiger partial charge on any atom is -0.295 e. The average molecular weight is 369 g/mol. The predicted molar refractivity (Wildman–Crippen MR) is 97.3 cm³/mol. The fourth-order valence-electron chi connectivity index (χ4n) is 2.53. The maximum absolute atomic E-state index is 13.1. The summed E-state index contributed by atoms with van der Waals surface area (Å²) in [5, 5.41) is 11.4. The molecule has 0 saturated heterocycles. The number of nitrogens with one attached hydrogen (secondary N) is 1. The highest BCUT2D eigenvalue weighted by Crippen LogP contribution is 2.32. The molecule has 0 amide bonds. The molecule has 0 aliphatic carbocycles. The Morgan fingerprint density at radius 2 is 1.84 bits per heavy atom. The van der Waals surface area contributed by atoms with Crippen molar-refractivity contribution in [3.8, 4) is 22.0 Å². The maximum Gasteiger partial charge on any atom is 0.195 e. The van der Waals surface area contributed by atoms with Crippen LogP contribution in [-0.4, -0.2) is 24.4 Å². The van der Waals surface area contributed by atoms with E-state index in [1.54, 1.807) is 12.1 Å². The van der Waals surface area contributed by atoms with Gasteiger partial charge in [-0.3, -0.25) is 9.67 Å². The Labute approximate surface area is 152 Å². The lowest BCUT2D eigenvalue weighted by molar-refractivity contribution is 0.626. The van der Waals surface area contributed by atoms with Crippen LogP contribution in [0.15, 0.2) is 54.6 Å². The van der Waals surface area contributed by atoms with E-state index in [1.165, 1.54) is 23.7 Å². The van der Waals surface area contributed by atoms with Crippen molar-refractivity contribution >= 4 is 23.8 Å². The second-order valence-electron chi connectivity index (χ2n) is 5.38. The van der Waals surface area contributed by atoms with Crippen LogP contribution in [0.2, 0.25) is 0 Å². The van der Waals surface area contributed by atoms with Crippen molar-refractivity contribution in [1.29, 1.82) is 0 Å². The van der Waals surface area contributed by atoms with Crippen LogP contribution in [0.25, 0.3) is 22.0 Å². The van der Waals surface area contributed by atoms with Gasteiger partial charge in [0.1, 0.15) is 16.4 Å². The predicted octanol–water partition coefficient (Wildman–Crippen LogP) is 4.31. The van der Waals surface area contributed by atoms with Gasteiger partial charge >= 0.3 is 0 Å². The van der Waals surface area contributed by atoms with E-state index in [0.29, 0.717) is 17.1 Å². The Bertz CT molecular complexity index is 1050. The first-order chi connectivity index (χ1) is 12.2.